The fraction of sp³-hybridized carbons (Fsp3) is 0.323. The quantitative estimate of drug-likeness (QED) is 0.397. The van der Waals surface area contributed by atoms with Gasteiger partial charge in [0.1, 0.15) is 17.5 Å². The minimum absolute atomic E-state index is 0.375. The summed E-state index contributed by atoms with van der Waals surface area (Å²) in [5, 5.41) is 17.2. The first-order valence-corrected chi connectivity index (χ1v) is 12.7. The Bertz CT molecular complexity index is 1400. The minimum Gasteiger partial charge on any atom is -0.389 e. The van der Waals surface area contributed by atoms with Gasteiger partial charge in [-0.15, -0.1) is 0 Å². The van der Waals surface area contributed by atoms with Gasteiger partial charge in [0, 0.05) is 23.7 Å². The first-order valence-electron chi connectivity index (χ1n) is 12.7. The number of aliphatic hydroxyl groups is 1. The van der Waals surface area contributed by atoms with E-state index in [-0.39, 0.29) is 6.42 Å². The molecule has 0 spiro atoms. The van der Waals surface area contributed by atoms with Crippen molar-refractivity contribution in [2.45, 2.75) is 52.6 Å². The van der Waals surface area contributed by atoms with E-state index in [1.807, 2.05) is 52.0 Å². The van der Waals surface area contributed by atoms with Crippen LogP contribution in [0.3, 0.4) is 0 Å². The molecule has 4 atom stereocenters. The van der Waals surface area contributed by atoms with Crippen molar-refractivity contribution in [3.63, 3.8) is 0 Å². The highest BCUT2D eigenvalue weighted by molar-refractivity contribution is 6.10. The van der Waals surface area contributed by atoms with Gasteiger partial charge in [0.05, 0.1) is 11.5 Å². The first-order chi connectivity index (χ1) is 17.9. The van der Waals surface area contributed by atoms with E-state index in [0.29, 0.717) is 16.9 Å². The molecule has 7 heteroatoms. The predicted octanol–water partition coefficient (Wildman–Crippen LogP) is 5.38. The number of Topliss-reactive ketones (excluding diaryl/α,β-unsaturated/α-hetero) is 1. The van der Waals surface area contributed by atoms with Gasteiger partial charge in [-0.1, -0.05) is 36.4 Å². The molecular formula is C31H33FN2O4. The highest BCUT2D eigenvalue weighted by Crippen LogP contribution is 2.47. The zero-order valence-corrected chi connectivity index (χ0v) is 22.3. The molecule has 0 bridgehead atoms. The number of halogens is 1. The number of rotatable bonds is 5. The Kier molecular flexibility index (Phi) is 7.51. The fourth-order valence-electron chi connectivity index (χ4n) is 5.37. The van der Waals surface area contributed by atoms with Gasteiger partial charge >= 0.3 is 0 Å². The molecule has 4 rings (SSSR count). The third-order valence-electron chi connectivity index (χ3n) is 7.81. The molecule has 6 nitrogen and oxygen atoms in total. The van der Waals surface area contributed by atoms with Gasteiger partial charge < -0.3 is 15.7 Å². The van der Waals surface area contributed by atoms with Gasteiger partial charge in [0.25, 0.3) is 0 Å². The molecule has 1 saturated carbocycles. The lowest BCUT2D eigenvalue weighted by atomic mass is 9.61. The van der Waals surface area contributed by atoms with E-state index in [2.05, 4.69) is 10.6 Å². The number of anilines is 2. The topological polar surface area (TPSA) is 95.5 Å². The third-order valence-corrected chi connectivity index (χ3v) is 7.81. The van der Waals surface area contributed by atoms with Gasteiger partial charge in [-0.3, -0.25) is 14.4 Å². The van der Waals surface area contributed by atoms with Gasteiger partial charge in [-0.05, 0) is 86.7 Å². The van der Waals surface area contributed by atoms with Crippen molar-refractivity contribution >= 4 is 29.0 Å². The van der Waals surface area contributed by atoms with Crippen LogP contribution in [0, 0.1) is 45.3 Å². The van der Waals surface area contributed by atoms with Crippen LogP contribution >= 0.6 is 0 Å². The summed E-state index contributed by atoms with van der Waals surface area (Å²) in [5.41, 5.74) is 3.51. The van der Waals surface area contributed by atoms with Gasteiger partial charge in [-0.25, -0.2) is 4.39 Å². The van der Waals surface area contributed by atoms with E-state index < -0.39 is 46.8 Å². The number of ketones is 1. The number of hydrogen-bond acceptors (Lipinski definition) is 4. The maximum atomic E-state index is 13.9. The molecule has 2 amide bonds. The van der Waals surface area contributed by atoms with E-state index in [9.17, 15) is 23.9 Å². The average Bonchev–Trinajstić information content (AvgIpc) is 2.84. The molecule has 0 radical (unpaired) electrons. The van der Waals surface area contributed by atoms with E-state index in [1.54, 1.807) is 12.1 Å². The predicted molar refractivity (Wildman–Crippen MR) is 145 cm³/mol. The van der Waals surface area contributed by atoms with E-state index in [1.165, 1.54) is 31.2 Å². The fourth-order valence-corrected chi connectivity index (χ4v) is 5.37. The number of nitrogens with one attached hydrogen (secondary N) is 2. The van der Waals surface area contributed by atoms with Crippen molar-refractivity contribution in [1.29, 1.82) is 0 Å². The summed E-state index contributed by atoms with van der Waals surface area (Å²) in [7, 11) is 0. The number of aryl methyl sites for hydroxylation is 2. The monoisotopic (exact) mass is 516 g/mol. The maximum Gasteiger partial charge on any atom is 0.235 e. The second kappa shape index (κ2) is 10.5. The van der Waals surface area contributed by atoms with E-state index >= 15 is 0 Å². The van der Waals surface area contributed by atoms with Gasteiger partial charge in [-0.2, -0.15) is 0 Å². The lowest BCUT2D eigenvalue weighted by Crippen LogP contribution is -2.56. The average molecular weight is 517 g/mol. The summed E-state index contributed by atoms with van der Waals surface area (Å²) in [6.45, 7) is 9.04. The Morgan fingerprint density at radius 1 is 0.842 bits per heavy atom. The Morgan fingerprint density at radius 3 is 1.87 bits per heavy atom. The minimum atomic E-state index is -1.74. The molecule has 3 aromatic carbocycles. The molecule has 198 valence electrons. The molecule has 1 aliphatic carbocycles. The number of amides is 2. The van der Waals surface area contributed by atoms with Crippen LogP contribution in [0.5, 0.6) is 0 Å². The zero-order chi connectivity index (χ0) is 27.8. The Labute approximate surface area is 222 Å². The highest BCUT2D eigenvalue weighted by atomic mass is 19.1. The van der Waals surface area contributed by atoms with Crippen LogP contribution in [0.4, 0.5) is 15.8 Å². The molecule has 3 N–H and O–H groups in total. The normalized spacial score (nSPS) is 23.1. The maximum absolute atomic E-state index is 13.9. The second-order valence-corrected chi connectivity index (χ2v) is 10.5. The smallest absolute Gasteiger partial charge is 0.235 e. The number of benzene rings is 3. The molecular weight excluding hydrogens is 483 g/mol. The van der Waals surface area contributed by atoms with Crippen molar-refractivity contribution in [2.75, 3.05) is 10.6 Å². The Balaban J connectivity index is 1.79. The Morgan fingerprint density at radius 2 is 1.34 bits per heavy atom. The lowest BCUT2D eigenvalue weighted by molar-refractivity contribution is -0.150. The van der Waals surface area contributed by atoms with Crippen LogP contribution in [-0.4, -0.2) is 28.3 Å². The largest absolute Gasteiger partial charge is 0.389 e. The molecule has 1 aliphatic rings. The van der Waals surface area contributed by atoms with Crippen molar-refractivity contribution in [3.8, 4) is 0 Å². The van der Waals surface area contributed by atoms with E-state index in [0.717, 1.165) is 22.3 Å². The van der Waals surface area contributed by atoms with Crippen molar-refractivity contribution in [3.05, 3.63) is 94.3 Å². The summed E-state index contributed by atoms with van der Waals surface area (Å²) >= 11 is 0. The molecule has 3 aromatic rings. The van der Waals surface area contributed by atoms with Gasteiger partial charge in [0.15, 0.2) is 0 Å². The Hall–Kier alpha value is -3.84. The van der Waals surface area contributed by atoms with E-state index in [4.69, 9.17) is 0 Å². The molecule has 0 aromatic heterocycles. The summed E-state index contributed by atoms with van der Waals surface area (Å²) in [4.78, 5) is 41.0. The molecule has 1 fully saturated rings. The standard InChI is InChI=1S/C31H33FN2O4/c1-17-8-6-10-23(19(17)3)33-29(36)27-25(35)16-31(5,38)28(26(27)21-12-14-22(32)15-13-21)30(37)34-24-11-7-9-18(2)20(24)4/h6-15,26-28,38H,16H2,1-5H3,(H,33,36)(H,34,37). The van der Waals surface area contributed by atoms with Crippen LogP contribution in [0.15, 0.2) is 60.7 Å². The van der Waals surface area contributed by atoms with Crippen LogP contribution in [0.25, 0.3) is 0 Å². The number of carbonyl (C=O) groups is 3. The molecule has 0 heterocycles. The third kappa shape index (κ3) is 5.24. The van der Waals surface area contributed by atoms with Crippen LogP contribution in [0.1, 0.15) is 47.1 Å². The first kappa shape index (κ1) is 27.2. The number of hydrogen-bond donors (Lipinski definition) is 3. The second-order valence-electron chi connectivity index (χ2n) is 10.5. The van der Waals surface area contributed by atoms with Crippen LogP contribution in [-0.2, 0) is 14.4 Å². The van der Waals surface area contributed by atoms with Crippen molar-refractivity contribution in [1.82, 2.24) is 0 Å². The van der Waals surface area contributed by atoms with Crippen LogP contribution < -0.4 is 10.6 Å². The van der Waals surface area contributed by atoms with Gasteiger partial charge in [0.2, 0.25) is 11.8 Å². The molecule has 38 heavy (non-hydrogen) atoms. The SMILES string of the molecule is Cc1cccc(NC(=O)C2C(=O)CC(C)(O)C(C(=O)Nc3cccc(C)c3C)C2c2ccc(F)cc2)c1C. The summed E-state index contributed by atoms with van der Waals surface area (Å²) in [5.74, 6) is -5.52. The molecule has 0 saturated heterocycles. The summed E-state index contributed by atoms with van der Waals surface area (Å²) < 4.78 is 13.9. The molecule has 4 unspecified atom stereocenters. The lowest BCUT2D eigenvalue weighted by Gasteiger charge is -2.44. The van der Waals surface area contributed by atoms with Crippen LogP contribution in [0.2, 0.25) is 0 Å². The summed E-state index contributed by atoms with van der Waals surface area (Å²) in [6, 6.07) is 16.4. The molecule has 0 aliphatic heterocycles. The zero-order valence-electron chi connectivity index (χ0n) is 22.3. The van der Waals surface area contributed by atoms with Crippen molar-refractivity contribution < 1.29 is 23.9 Å². The highest BCUT2D eigenvalue weighted by Gasteiger charge is 2.56. The summed E-state index contributed by atoms with van der Waals surface area (Å²) in [6.07, 6.45) is -0.375. The van der Waals surface area contributed by atoms with Crippen molar-refractivity contribution in [2.24, 2.45) is 11.8 Å². The number of carbonyl (C=O) groups excluding carboxylic acids is 3.